The van der Waals surface area contributed by atoms with Crippen molar-refractivity contribution in [2.45, 2.75) is 26.8 Å². The first kappa shape index (κ1) is 23.3. The SMILES string of the molecule is CCOC(=O)c1sc2ncn(CC(=O)NCCc3ccc(OC)c(OC)c3)c(=O)c2c1C. The summed E-state index contributed by atoms with van der Waals surface area (Å²) < 4.78 is 16.8. The van der Waals surface area contributed by atoms with Crippen molar-refractivity contribution in [3.63, 3.8) is 0 Å². The average Bonchev–Trinajstić information content (AvgIpc) is 3.13. The van der Waals surface area contributed by atoms with Crippen LogP contribution in [-0.4, -0.2) is 48.8 Å². The molecule has 0 spiro atoms. The number of ether oxygens (including phenoxy) is 3. The number of rotatable bonds is 9. The highest BCUT2D eigenvalue weighted by atomic mass is 32.1. The second-order valence-corrected chi connectivity index (χ2v) is 7.92. The number of benzene rings is 1. The molecule has 3 rings (SSSR count). The summed E-state index contributed by atoms with van der Waals surface area (Å²) >= 11 is 1.11. The third-order valence-corrected chi connectivity index (χ3v) is 6.06. The fraction of sp³-hybridized carbons (Fsp3) is 0.364. The van der Waals surface area contributed by atoms with Crippen molar-refractivity contribution < 1.29 is 23.8 Å². The second-order valence-electron chi connectivity index (χ2n) is 6.92. The summed E-state index contributed by atoms with van der Waals surface area (Å²) in [4.78, 5) is 42.4. The van der Waals surface area contributed by atoms with E-state index in [0.717, 1.165) is 16.9 Å². The Hall–Kier alpha value is -3.40. The number of methoxy groups -OCH3 is 2. The number of aromatic nitrogens is 2. The van der Waals surface area contributed by atoms with Crippen LogP contribution in [0.4, 0.5) is 0 Å². The Morgan fingerprint density at radius 3 is 2.62 bits per heavy atom. The third-order valence-electron chi connectivity index (χ3n) is 4.88. The zero-order chi connectivity index (χ0) is 23.3. The minimum atomic E-state index is -0.480. The van der Waals surface area contributed by atoms with Crippen LogP contribution in [0.15, 0.2) is 29.3 Å². The Bertz CT molecular complexity index is 1200. The second kappa shape index (κ2) is 10.3. The average molecular weight is 460 g/mol. The largest absolute Gasteiger partial charge is 0.493 e. The Kier molecular flexibility index (Phi) is 7.47. The van der Waals surface area contributed by atoms with E-state index in [1.807, 2.05) is 18.2 Å². The van der Waals surface area contributed by atoms with Crippen molar-refractivity contribution in [3.8, 4) is 11.5 Å². The molecule has 170 valence electrons. The number of nitrogens with zero attached hydrogens (tertiary/aromatic N) is 2. The van der Waals surface area contributed by atoms with Crippen LogP contribution in [0.5, 0.6) is 11.5 Å². The van der Waals surface area contributed by atoms with E-state index in [4.69, 9.17) is 14.2 Å². The van der Waals surface area contributed by atoms with Crippen molar-refractivity contribution in [3.05, 3.63) is 50.9 Å². The van der Waals surface area contributed by atoms with E-state index < -0.39 is 5.97 Å². The summed E-state index contributed by atoms with van der Waals surface area (Å²) in [5.74, 6) is 0.465. The molecule has 2 heterocycles. The van der Waals surface area contributed by atoms with E-state index in [1.165, 1.54) is 10.9 Å². The first-order valence-electron chi connectivity index (χ1n) is 10.0. The summed E-state index contributed by atoms with van der Waals surface area (Å²) in [5, 5.41) is 3.14. The first-order valence-corrected chi connectivity index (χ1v) is 10.8. The Morgan fingerprint density at radius 2 is 1.94 bits per heavy atom. The summed E-state index contributed by atoms with van der Waals surface area (Å²) in [6.07, 6.45) is 1.91. The summed E-state index contributed by atoms with van der Waals surface area (Å²) in [5.41, 5.74) is 1.13. The van der Waals surface area contributed by atoms with Gasteiger partial charge in [-0.15, -0.1) is 11.3 Å². The lowest BCUT2D eigenvalue weighted by atomic mass is 10.1. The molecule has 9 nitrogen and oxygen atoms in total. The molecule has 10 heteroatoms. The molecule has 1 aromatic carbocycles. The molecule has 0 aliphatic rings. The Morgan fingerprint density at radius 1 is 1.19 bits per heavy atom. The molecule has 1 amide bonds. The lowest BCUT2D eigenvalue weighted by Gasteiger charge is -2.10. The monoisotopic (exact) mass is 459 g/mol. The van der Waals surface area contributed by atoms with E-state index in [-0.39, 0.29) is 24.6 Å². The van der Waals surface area contributed by atoms with E-state index in [0.29, 0.717) is 45.1 Å². The van der Waals surface area contributed by atoms with Gasteiger partial charge in [-0.2, -0.15) is 0 Å². The van der Waals surface area contributed by atoms with Gasteiger partial charge in [0.25, 0.3) is 5.56 Å². The van der Waals surface area contributed by atoms with Crippen molar-refractivity contribution in [1.29, 1.82) is 0 Å². The highest BCUT2D eigenvalue weighted by molar-refractivity contribution is 7.20. The van der Waals surface area contributed by atoms with Gasteiger partial charge in [0.1, 0.15) is 16.3 Å². The molecule has 0 saturated carbocycles. The molecule has 0 aliphatic carbocycles. The molecule has 0 atom stereocenters. The van der Waals surface area contributed by atoms with Gasteiger partial charge in [-0.1, -0.05) is 6.07 Å². The zero-order valence-electron chi connectivity index (χ0n) is 18.4. The van der Waals surface area contributed by atoms with Crippen LogP contribution >= 0.6 is 11.3 Å². The number of amides is 1. The van der Waals surface area contributed by atoms with Crippen LogP contribution in [0.2, 0.25) is 0 Å². The predicted molar refractivity (Wildman–Crippen MR) is 121 cm³/mol. The minimum Gasteiger partial charge on any atom is -0.493 e. The van der Waals surface area contributed by atoms with Gasteiger partial charge in [0.15, 0.2) is 11.5 Å². The topological polar surface area (TPSA) is 109 Å². The maximum Gasteiger partial charge on any atom is 0.348 e. The van der Waals surface area contributed by atoms with E-state index in [2.05, 4.69) is 10.3 Å². The van der Waals surface area contributed by atoms with Gasteiger partial charge in [-0.05, 0) is 43.5 Å². The van der Waals surface area contributed by atoms with Crippen molar-refractivity contribution in [2.24, 2.45) is 0 Å². The molecule has 0 aliphatic heterocycles. The molecule has 0 fully saturated rings. The Balaban J connectivity index is 1.67. The number of esters is 1. The van der Waals surface area contributed by atoms with Gasteiger partial charge in [-0.3, -0.25) is 14.2 Å². The highest BCUT2D eigenvalue weighted by Crippen LogP contribution is 2.28. The lowest BCUT2D eigenvalue weighted by Crippen LogP contribution is -2.33. The molecule has 32 heavy (non-hydrogen) atoms. The van der Waals surface area contributed by atoms with E-state index >= 15 is 0 Å². The molecule has 3 aromatic rings. The third kappa shape index (κ3) is 4.91. The standard InChI is InChI=1S/C22H25N3O6S/c1-5-31-22(28)19-13(2)18-20(32-19)24-12-25(21(18)27)11-17(26)23-9-8-14-6-7-15(29-3)16(10-14)30-4/h6-7,10,12H,5,8-9,11H2,1-4H3,(H,23,26). The van der Waals surface area contributed by atoms with Crippen LogP contribution < -0.4 is 20.3 Å². The molecule has 1 N–H and O–H groups in total. The fourth-order valence-electron chi connectivity index (χ4n) is 3.26. The number of nitrogens with one attached hydrogen (secondary N) is 1. The lowest BCUT2D eigenvalue weighted by molar-refractivity contribution is -0.121. The molecule has 2 aromatic heterocycles. The number of aryl methyl sites for hydroxylation is 1. The van der Waals surface area contributed by atoms with E-state index in [9.17, 15) is 14.4 Å². The molecule has 0 unspecified atom stereocenters. The maximum absolute atomic E-state index is 12.9. The number of thiophene rings is 1. The quantitative estimate of drug-likeness (QED) is 0.489. The van der Waals surface area contributed by atoms with Gasteiger partial charge in [0.05, 0.1) is 32.5 Å². The molecule has 0 saturated heterocycles. The van der Waals surface area contributed by atoms with Crippen LogP contribution in [0, 0.1) is 6.92 Å². The van der Waals surface area contributed by atoms with Crippen LogP contribution in [-0.2, 0) is 22.5 Å². The predicted octanol–water partition coefficient (Wildman–Crippen LogP) is 2.32. The van der Waals surface area contributed by atoms with Crippen LogP contribution in [0.25, 0.3) is 10.2 Å². The first-order chi connectivity index (χ1) is 15.4. The van der Waals surface area contributed by atoms with Gasteiger partial charge >= 0.3 is 5.97 Å². The van der Waals surface area contributed by atoms with Gasteiger partial charge in [-0.25, -0.2) is 9.78 Å². The summed E-state index contributed by atoms with van der Waals surface area (Å²) in [6.45, 7) is 3.87. The van der Waals surface area contributed by atoms with Gasteiger partial charge in [0.2, 0.25) is 5.91 Å². The maximum atomic E-state index is 12.9. The number of hydrogen-bond acceptors (Lipinski definition) is 8. The smallest absolute Gasteiger partial charge is 0.348 e. The summed E-state index contributed by atoms with van der Waals surface area (Å²) in [6, 6.07) is 5.56. The van der Waals surface area contributed by atoms with Gasteiger partial charge < -0.3 is 19.5 Å². The van der Waals surface area contributed by atoms with Crippen molar-refractivity contribution >= 4 is 33.4 Å². The number of fused-ring (bicyclic) bond motifs is 1. The van der Waals surface area contributed by atoms with Crippen molar-refractivity contribution in [2.75, 3.05) is 27.4 Å². The van der Waals surface area contributed by atoms with Crippen molar-refractivity contribution in [1.82, 2.24) is 14.9 Å². The van der Waals surface area contributed by atoms with Crippen LogP contribution in [0.1, 0.15) is 27.7 Å². The molecule has 0 radical (unpaired) electrons. The number of carbonyl (C=O) groups is 2. The number of hydrogen-bond donors (Lipinski definition) is 1. The Labute approximate surface area is 188 Å². The van der Waals surface area contributed by atoms with E-state index in [1.54, 1.807) is 28.1 Å². The molecular formula is C22H25N3O6S. The highest BCUT2D eigenvalue weighted by Gasteiger charge is 2.20. The fourth-order valence-corrected chi connectivity index (χ4v) is 4.29. The normalized spacial score (nSPS) is 10.8. The molecule has 0 bridgehead atoms. The molecular weight excluding hydrogens is 434 g/mol. The minimum absolute atomic E-state index is 0.169. The summed E-state index contributed by atoms with van der Waals surface area (Å²) in [7, 11) is 3.14. The van der Waals surface area contributed by atoms with Crippen LogP contribution in [0.3, 0.4) is 0 Å². The zero-order valence-corrected chi connectivity index (χ0v) is 19.2. The number of carbonyl (C=O) groups excluding carboxylic acids is 2. The van der Waals surface area contributed by atoms with Gasteiger partial charge in [0, 0.05) is 6.54 Å².